The van der Waals surface area contributed by atoms with E-state index in [1.165, 1.54) is 6.92 Å². The third kappa shape index (κ3) is 5.58. The van der Waals surface area contributed by atoms with Gasteiger partial charge in [0.05, 0.1) is 11.8 Å². The monoisotopic (exact) mass is 320 g/mol. The van der Waals surface area contributed by atoms with Crippen LogP contribution in [0.2, 0.25) is 0 Å². The highest BCUT2D eigenvalue weighted by Gasteiger charge is 2.19. The van der Waals surface area contributed by atoms with Crippen molar-refractivity contribution in [2.45, 2.75) is 47.1 Å². The molecule has 0 radical (unpaired) electrons. The molecule has 0 aliphatic carbocycles. The van der Waals surface area contributed by atoms with E-state index in [0.29, 0.717) is 37.5 Å². The number of hydrogen-bond donors (Lipinski definition) is 0. The molecule has 0 saturated heterocycles. The Morgan fingerprint density at radius 2 is 1.74 bits per heavy atom. The molecule has 0 spiro atoms. The molecule has 0 bridgehead atoms. The van der Waals surface area contributed by atoms with Crippen molar-refractivity contribution in [2.24, 2.45) is 0 Å². The van der Waals surface area contributed by atoms with Crippen molar-refractivity contribution >= 4 is 17.5 Å². The Bertz CT molecular complexity index is 525. The van der Waals surface area contributed by atoms with E-state index in [0.717, 1.165) is 0 Å². The Labute approximate surface area is 139 Å². The minimum Gasteiger partial charge on any atom is -0.489 e. The molecule has 0 saturated carbocycles. The average molecular weight is 320 g/mol. The molecule has 0 heterocycles. The molecule has 128 valence electrons. The van der Waals surface area contributed by atoms with Crippen molar-refractivity contribution in [2.75, 3.05) is 24.5 Å². The summed E-state index contributed by atoms with van der Waals surface area (Å²) in [6.45, 7) is 11.0. The van der Waals surface area contributed by atoms with Crippen molar-refractivity contribution in [1.29, 1.82) is 0 Å². The summed E-state index contributed by atoms with van der Waals surface area (Å²) in [5.41, 5.74) is 0.709. The van der Waals surface area contributed by atoms with E-state index in [9.17, 15) is 9.59 Å². The number of benzene rings is 1. The third-order valence-corrected chi connectivity index (χ3v) is 3.56. The third-order valence-electron chi connectivity index (χ3n) is 3.56. The predicted octanol–water partition coefficient (Wildman–Crippen LogP) is 3.09. The Kier molecular flexibility index (Phi) is 7.59. The van der Waals surface area contributed by atoms with E-state index in [1.54, 1.807) is 9.80 Å². The first-order valence-corrected chi connectivity index (χ1v) is 8.22. The summed E-state index contributed by atoms with van der Waals surface area (Å²) in [6, 6.07) is 7.43. The van der Waals surface area contributed by atoms with Crippen molar-refractivity contribution < 1.29 is 14.3 Å². The fraction of sp³-hybridized carbons (Fsp3) is 0.556. The van der Waals surface area contributed by atoms with E-state index in [1.807, 2.05) is 52.0 Å². The molecular formula is C18H28N2O3. The fourth-order valence-electron chi connectivity index (χ4n) is 2.42. The van der Waals surface area contributed by atoms with Gasteiger partial charge in [0.2, 0.25) is 11.8 Å². The molecule has 0 atom stereocenters. The van der Waals surface area contributed by atoms with Gasteiger partial charge in [-0.2, -0.15) is 0 Å². The van der Waals surface area contributed by atoms with Crippen LogP contribution in [0.3, 0.4) is 0 Å². The molecule has 0 aliphatic heterocycles. The predicted molar refractivity (Wildman–Crippen MR) is 92.8 cm³/mol. The summed E-state index contributed by atoms with van der Waals surface area (Å²) in [4.78, 5) is 27.6. The van der Waals surface area contributed by atoms with Gasteiger partial charge in [-0.05, 0) is 39.8 Å². The molecule has 1 aromatic rings. The lowest BCUT2D eigenvalue weighted by Gasteiger charge is -2.26. The van der Waals surface area contributed by atoms with Gasteiger partial charge < -0.3 is 14.5 Å². The van der Waals surface area contributed by atoms with Crippen molar-refractivity contribution in [3.8, 4) is 5.75 Å². The highest BCUT2D eigenvalue weighted by atomic mass is 16.5. The lowest BCUT2D eigenvalue weighted by molar-refractivity contribution is -0.130. The number of rotatable bonds is 8. The number of para-hydroxylation sites is 2. The highest BCUT2D eigenvalue weighted by molar-refractivity contribution is 5.93. The smallest absolute Gasteiger partial charge is 0.224 e. The molecular weight excluding hydrogens is 292 g/mol. The van der Waals surface area contributed by atoms with Gasteiger partial charge in [0, 0.05) is 33.0 Å². The van der Waals surface area contributed by atoms with Crippen molar-refractivity contribution in [1.82, 2.24) is 4.90 Å². The molecule has 5 heteroatoms. The summed E-state index contributed by atoms with van der Waals surface area (Å²) >= 11 is 0. The van der Waals surface area contributed by atoms with Gasteiger partial charge >= 0.3 is 0 Å². The zero-order valence-electron chi connectivity index (χ0n) is 14.8. The number of ether oxygens (including phenoxy) is 1. The van der Waals surface area contributed by atoms with Crippen LogP contribution in [-0.2, 0) is 9.59 Å². The molecule has 5 nitrogen and oxygen atoms in total. The first-order chi connectivity index (χ1) is 10.9. The van der Waals surface area contributed by atoms with Gasteiger partial charge in [0.15, 0.2) is 0 Å². The Hall–Kier alpha value is -2.04. The maximum Gasteiger partial charge on any atom is 0.224 e. The van der Waals surface area contributed by atoms with E-state index >= 15 is 0 Å². The fourth-order valence-corrected chi connectivity index (χ4v) is 2.42. The second-order valence-electron chi connectivity index (χ2n) is 5.62. The topological polar surface area (TPSA) is 49.9 Å². The number of carbonyl (C=O) groups excluding carboxylic acids is 2. The van der Waals surface area contributed by atoms with Crippen LogP contribution in [0.15, 0.2) is 24.3 Å². The van der Waals surface area contributed by atoms with Gasteiger partial charge in [-0.3, -0.25) is 9.59 Å². The second kappa shape index (κ2) is 9.18. The molecule has 2 amide bonds. The largest absolute Gasteiger partial charge is 0.489 e. The molecule has 1 rings (SSSR count). The normalized spacial score (nSPS) is 10.5. The molecule has 0 fully saturated rings. The van der Waals surface area contributed by atoms with Gasteiger partial charge in [0.25, 0.3) is 0 Å². The standard InChI is InChI=1S/C18H28N2O3/c1-6-19(7-2)18(22)12-13-20(15(5)21)16-10-8-9-11-17(16)23-14(3)4/h8-11,14H,6-7,12-13H2,1-5H3. The van der Waals surface area contributed by atoms with E-state index < -0.39 is 0 Å². The Morgan fingerprint density at radius 3 is 2.26 bits per heavy atom. The minimum atomic E-state index is -0.0999. The minimum absolute atomic E-state index is 0.0160. The number of nitrogens with zero attached hydrogens (tertiary/aromatic N) is 2. The van der Waals surface area contributed by atoms with Crippen LogP contribution in [0.25, 0.3) is 0 Å². The van der Waals surface area contributed by atoms with Crippen LogP contribution in [0.1, 0.15) is 41.0 Å². The molecule has 23 heavy (non-hydrogen) atoms. The molecule has 0 aliphatic rings. The lowest BCUT2D eigenvalue weighted by Crippen LogP contribution is -2.36. The van der Waals surface area contributed by atoms with Gasteiger partial charge in [-0.15, -0.1) is 0 Å². The average Bonchev–Trinajstić information content (AvgIpc) is 2.49. The highest BCUT2D eigenvalue weighted by Crippen LogP contribution is 2.29. The summed E-state index contributed by atoms with van der Waals surface area (Å²) < 4.78 is 5.78. The van der Waals surface area contributed by atoms with Crippen molar-refractivity contribution in [3.63, 3.8) is 0 Å². The van der Waals surface area contributed by atoms with Crippen LogP contribution in [0, 0.1) is 0 Å². The number of amides is 2. The quantitative estimate of drug-likeness (QED) is 0.739. The molecule has 0 aromatic heterocycles. The van der Waals surface area contributed by atoms with Crippen LogP contribution in [-0.4, -0.2) is 42.5 Å². The summed E-state index contributed by atoms with van der Waals surface area (Å²) in [7, 11) is 0. The first-order valence-electron chi connectivity index (χ1n) is 8.22. The maximum atomic E-state index is 12.2. The van der Waals surface area contributed by atoms with Crippen LogP contribution < -0.4 is 9.64 Å². The van der Waals surface area contributed by atoms with Crippen molar-refractivity contribution in [3.05, 3.63) is 24.3 Å². The maximum absolute atomic E-state index is 12.2. The van der Waals surface area contributed by atoms with Gasteiger partial charge in [-0.25, -0.2) is 0 Å². The SMILES string of the molecule is CCN(CC)C(=O)CCN(C(C)=O)c1ccccc1OC(C)C. The zero-order chi connectivity index (χ0) is 17.4. The van der Waals surface area contributed by atoms with E-state index in [-0.39, 0.29) is 17.9 Å². The molecule has 0 unspecified atom stereocenters. The molecule has 1 aromatic carbocycles. The van der Waals surface area contributed by atoms with Crippen LogP contribution in [0.4, 0.5) is 5.69 Å². The van der Waals surface area contributed by atoms with Crippen LogP contribution in [0.5, 0.6) is 5.75 Å². The van der Waals surface area contributed by atoms with Crippen LogP contribution >= 0.6 is 0 Å². The summed E-state index contributed by atoms with van der Waals surface area (Å²) in [5.74, 6) is 0.619. The summed E-state index contributed by atoms with van der Waals surface area (Å²) in [6.07, 6.45) is 0.319. The first kappa shape index (κ1) is 19.0. The number of hydrogen-bond acceptors (Lipinski definition) is 3. The summed E-state index contributed by atoms with van der Waals surface area (Å²) in [5, 5.41) is 0. The van der Waals surface area contributed by atoms with Gasteiger partial charge in [0.1, 0.15) is 5.75 Å². The Balaban J connectivity index is 2.91. The Morgan fingerprint density at radius 1 is 1.13 bits per heavy atom. The van der Waals surface area contributed by atoms with E-state index in [2.05, 4.69) is 0 Å². The lowest BCUT2D eigenvalue weighted by atomic mass is 10.2. The zero-order valence-corrected chi connectivity index (χ0v) is 14.8. The van der Waals surface area contributed by atoms with E-state index in [4.69, 9.17) is 4.74 Å². The second-order valence-corrected chi connectivity index (χ2v) is 5.62. The number of anilines is 1. The number of carbonyl (C=O) groups is 2. The molecule has 0 N–H and O–H groups in total. The van der Waals surface area contributed by atoms with Gasteiger partial charge in [-0.1, -0.05) is 12.1 Å².